The quantitative estimate of drug-likeness (QED) is 0.586. The molecule has 0 bridgehead atoms. The average molecular weight is 410 g/mol. The van der Waals surface area contributed by atoms with E-state index < -0.39 is 0 Å². The summed E-state index contributed by atoms with van der Waals surface area (Å²) in [4.78, 5) is 23.5. The fourth-order valence-corrected chi connectivity index (χ4v) is 4.29. The standard InChI is InChI=1S/C23H31N5O2/c1-16-7-9-17(10-8-16)21-26-20(15-30-21)13-25-23(24-2)27-19-11-12-28(14-19)22(29)18-5-3-4-6-18/h7-10,15,18-19H,3-6,11-14H2,1-2H3,(H2,24,25,27). The number of benzene rings is 1. The second-order valence-corrected chi connectivity index (χ2v) is 8.33. The highest BCUT2D eigenvalue weighted by atomic mass is 16.3. The number of aryl methyl sites for hydroxylation is 1. The fraction of sp³-hybridized carbons (Fsp3) is 0.522. The summed E-state index contributed by atoms with van der Waals surface area (Å²) in [6, 6.07) is 8.34. The minimum atomic E-state index is 0.224. The van der Waals surface area contributed by atoms with E-state index in [1.807, 2.05) is 29.2 Å². The maximum Gasteiger partial charge on any atom is 0.226 e. The zero-order chi connectivity index (χ0) is 20.9. The predicted octanol–water partition coefficient (Wildman–Crippen LogP) is 3.11. The van der Waals surface area contributed by atoms with Crippen molar-refractivity contribution in [1.29, 1.82) is 0 Å². The van der Waals surface area contributed by atoms with Gasteiger partial charge < -0.3 is 20.0 Å². The predicted molar refractivity (Wildman–Crippen MR) is 117 cm³/mol. The fourth-order valence-electron chi connectivity index (χ4n) is 4.29. The Morgan fingerprint density at radius 1 is 1.23 bits per heavy atom. The van der Waals surface area contributed by atoms with Gasteiger partial charge in [0.15, 0.2) is 5.96 Å². The Balaban J connectivity index is 1.26. The molecule has 1 aromatic carbocycles. The van der Waals surface area contributed by atoms with Crippen LogP contribution in [-0.4, -0.2) is 47.9 Å². The van der Waals surface area contributed by atoms with Crippen LogP contribution in [0.2, 0.25) is 0 Å². The lowest BCUT2D eigenvalue weighted by atomic mass is 10.1. The molecule has 2 fully saturated rings. The summed E-state index contributed by atoms with van der Waals surface area (Å²) < 4.78 is 5.62. The third-order valence-corrected chi connectivity index (χ3v) is 6.06. The van der Waals surface area contributed by atoms with Crippen molar-refractivity contribution in [3.63, 3.8) is 0 Å². The first-order chi connectivity index (χ1) is 14.6. The van der Waals surface area contributed by atoms with Gasteiger partial charge in [0, 0.05) is 37.7 Å². The van der Waals surface area contributed by atoms with E-state index in [1.54, 1.807) is 13.3 Å². The Morgan fingerprint density at radius 2 is 2.00 bits per heavy atom. The highest BCUT2D eigenvalue weighted by Gasteiger charge is 2.32. The molecule has 1 unspecified atom stereocenters. The second kappa shape index (κ2) is 9.32. The summed E-state index contributed by atoms with van der Waals surface area (Å²) in [5.41, 5.74) is 2.99. The molecule has 1 amide bonds. The van der Waals surface area contributed by atoms with E-state index in [1.165, 1.54) is 18.4 Å². The Bertz CT molecular complexity index is 883. The number of nitrogens with zero attached hydrogens (tertiary/aromatic N) is 3. The van der Waals surface area contributed by atoms with Crippen molar-refractivity contribution in [2.75, 3.05) is 20.1 Å². The molecule has 160 valence electrons. The number of likely N-dealkylation sites (tertiary alicyclic amines) is 1. The Morgan fingerprint density at radius 3 is 2.73 bits per heavy atom. The monoisotopic (exact) mass is 409 g/mol. The molecule has 4 rings (SSSR count). The Hall–Kier alpha value is -2.83. The van der Waals surface area contributed by atoms with E-state index in [2.05, 4.69) is 27.5 Å². The molecule has 1 saturated carbocycles. The lowest BCUT2D eigenvalue weighted by molar-refractivity contribution is -0.134. The van der Waals surface area contributed by atoms with E-state index in [0.717, 1.165) is 49.6 Å². The van der Waals surface area contributed by atoms with Gasteiger partial charge in [-0.1, -0.05) is 30.5 Å². The molecule has 1 atom stereocenters. The van der Waals surface area contributed by atoms with E-state index in [9.17, 15) is 4.79 Å². The molecular formula is C23H31N5O2. The number of rotatable bonds is 5. The zero-order valence-electron chi connectivity index (χ0n) is 17.9. The third-order valence-electron chi connectivity index (χ3n) is 6.06. The average Bonchev–Trinajstić information content (AvgIpc) is 3.53. The normalized spacial score (nSPS) is 20.0. The van der Waals surface area contributed by atoms with Crippen LogP contribution in [0.25, 0.3) is 11.5 Å². The smallest absolute Gasteiger partial charge is 0.226 e. The third kappa shape index (κ3) is 4.83. The van der Waals surface area contributed by atoms with Gasteiger partial charge in [-0.3, -0.25) is 9.79 Å². The first-order valence-corrected chi connectivity index (χ1v) is 10.9. The van der Waals surface area contributed by atoms with Crippen LogP contribution in [0.5, 0.6) is 0 Å². The van der Waals surface area contributed by atoms with Crippen molar-refractivity contribution in [1.82, 2.24) is 20.5 Å². The molecule has 1 aliphatic carbocycles. The topological polar surface area (TPSA) is 82.8 Å². The number of hydrogen-bond donors (Lipinski definition) is 2. The molecule has 1 aliphatic heterocycles. The van der Waals surface area contributed by atoms with Crippen molar-refractivity contribution in [2.24, 2.45) is 10.9 Å². The summed E-state index contributed by atoms with van der Waals surface area (Å²) in [5.74, 6) is 1.92. The molecule has 2 N–H and O–H groups in total. The molecule has 2 heterocycles. The summed E-state index contributed by atoms with van der Waals surface area (Å²) >= 11 is 0. The van der Waals surface area contributed by atoms with Crippen molar-refractivity contribution in [3.8, 4) is 11.5 Å². The first kappa shape index (κ1) is 20.4. The number of carbonyl (C=O) groups is 1. The molecule has 2 aliphatic rings. The van der Waals surface area contributed by atoms with Crippen LogP contribution in [0.15, 0.2) is 39.9 Å². The van der Waals surface area contributed by atoms with Crippen LogP contribution in [0.1, 0.15) is 43.4 Å². The van der Waals surface area contributed by atoms with E-state index in [-0.39, 0.29) is 12.0 Å². The van der Waals surface area contributed by atoms with Crippen molar-refractivity contribution < 1.29 is 9.21 Å². The summed E-state index contributed by atoms with van der Waals surface area (Å²) in [6.45, 7) is 4.15. The highest BCUT2D eigenvalue weighted by molar-refractivity contribution is 5.81. The molecule has 2 aromatic rings. The van der Waals surface area contributed by atoms with Crippen LogP contribution in [-0.2, 0) is 11.3 Å². The van der Waals surface area contributed by atoms with E-state index in [0.29, 0.717) is 18.3 Å². The number of hydrogen-bond acceptors (Lipinski definition) is 4. The number of carbonyl (C=O) groups excluding carboxylic acids is 1. The second-order valence-electron chi connectivity index (χ2n) is 8.33. The summed E-state index contributed by atoms with van der Waals surface area (Å²) in [5, 5.41) is 6.74. The van der Waals surface area contributed by atoms with Crippen LogP contribution < -0.4 is 10.6 Å². The number of aromatic nitrogens is 1. The minimum Gasteiger partial charge on any atom is -0.444 e. The van der Waals surface area contributed by atoms with Crippen molar-refractivity contribution >= 4 is 11.9 Å². The largest absolute Gasteiger partial charge is 0.444 e. The maximum absolute atomic E-state index is 12.6. The number of oxazole rings is 1. The highest BCUT2D eigenvalue weighted by Crippen LogP contribution is 2.27. The van der Waals surface area contributed by atoms with Crippen molar-refractivity contribution in [3.05, 3.63) is 41.8 Å². The van der Waals surface area contributed by atoms with Gasteiger partial charge in [0.25, 0.3) is 0 Å². The van der Waals surface area contributed by atoms with Gasteiger partial charge in [-0.2, -0.15) is 0 Å². The van der Waals surface area contributed by atoms with Crippen LogP contribution in [0, 0.1) is 12.8 Å². The first-order valence-electron chi connectivity index (χ1n) is 10.9. The van der Waals surface area contributed by atoms with E-state index >= 15 is 0 Å². The van der Waals surface area contributed by atoms with Gasteiger partial charge >= 0.3 is 0 Å². The molecule has 7 heteroatoms. The number of aliphatic imine (C=N–C) groups is 1. The lowest BCUT2D eigenvalue weighted by Gasteiger charge is -2.21. The molecular weight excluding hydrogens is 378 g/mol. The molecule has 1 aromatic heterocycles. The van der Waals surface area contributed by atoms with Crippen LogP contribution >= 0.6 is 0 Å². The van der Waals surface area contributed by atoms with Gasteiger partial charge in [-0.25, -0.2) is 4.98 Å². The van der Waals surface area contributed by atoms with Gasteiger partial charge in [-0.15, -0.1) is 0 Å². The number of guanidine groups is 1. The van der Waals surface area contributed by atoms with Gasteiger partial charge in [0.05, 0.1) is 12.2 Å². The molecule has 0 radical (unpaired) electrons. The summed E-state index contributed by atoms with van der Waals surface area (Å²) in [6.07, 6.45) is 7.11. The molecule has 1 saturated heterocycles. The number of nitrogens with one attached hydrogen (secondary N) is 2. The van der Waals surface area contributed by atoms with Gasteiger partial charge in [0.1, 0.15) is 6.26 Å². The molecule has 0 spiro atoms. The SMILES string of the molecule is CN=C(NCc1coc(-c2ccc(C)cc2)n1)NC1CCN(C(=O)C2CCCC2)C1. The van der Waals surface area contributed by atoms with Crippen molar-refractivity contribution in [2.45, 2.75) is 51.6 Å². The minimum absolute atomic E-state index is 0.224. The lowest BCUT2D eigenvalue weighted by Crippen LogP contribution is -2.45. The zero-order valence-corrected chi connectivity index (χ0v) is 17.9. The van der Waals surface area contributed by atoms with Crippen LogP contribution in [0.4, 0.5) is 0 Å². The van der Waals surface area contributed by atoms with Gasteiger partial charge in [-0.05, 0) is 38.3 Å². The molecule has 30 heavy (non-hydrogen) atoms. The van der Waals surface area contributed by atoms with Crippen LogP contribution in [0.3, 0.4) is 0 Å². The molecule has 7 nitrogen and oxygen atoms in total. The summed E-state index contributed by atoms with van der Waals surface area (Å²) in [7, 11) is 1.76. The van der Waals surface area contributed by atoms with E-state index in [4.69, 9.17) is 4.42 Å². The Labute approximate surface area is 178 Å². The van der Waals surface area contributed by atoms with Gasteiger partial charge in [0.2, 0.25) is 11.8 Å². The maximum atomic E-state index is 12.6. The Kier molecular flexibility index (Phi) is 6.35. The number of amides is 1.